The fourth-order valence-electron chi connectivity index (χ4n) is 2.35. The zero-order valence-corrected chi connectivity index (χ0v) is 15.0. The van der Waals surface area contributed by atoms with Crippen LogP contribution in [-0.2, 0) is 6.54 Å². The molecule has 0 bridgehead atoms. The maximum atomic E-state index is 12.0. The average molecular weight is 370 g/mol. The average Bonchev–Trinajstić information content (AvgIpc) is 3.18. The Morgan fingerprint density at radius 3 is 2.81 bits per heavy atom. The van der Waals surface area contributed by atoms with E-state index in [0.717, 1.165) is 10.6 Å². The van der Waals surface area contributed by atoms with E-state index in [-0.39, 0.29) is 24.7 Å². The van der Waals surface area contributed by atoms with Crippen molar-refractivity contribution in [3.8, 4) is 16.3 Å². The zero-order valence-electron chi connectivity index (χ0n) is 14.1. The number of rotatable bonds is 6. The van der Waals surface area contributed by atoms with Gasteiger partial charge in [0.05, 0.1) is 24.2 Å². The highest BCUT2D eigenvalue weighted by atomic mass is 32.1. The standard InChI is InChI=1S/C18H18N4O3S/c1-25-15-6-3-2-5-13(15)20-18(24)19-10-11-22-17(23)9-8-14(21-22)16-7-4-12-26-16/h2-9,12H,10-11H2,1H3,(H2,19,20,24). The van der Waals surface area contributed by atoms with Gasteiger partial charge in [0.2, 0.25) is 0 Å². The van der Waals surface area contributed by atoms with Crippen LogP contribution in [0, 0.1) is 0 Å². The van der Waals surface area contributed by atoms with Crippen LogP contribution in [0.2, 0.25) is 0 Å². The first-order valence-electron chi connectivity index (χ1n) is 7.97. The zero-order chi connectivity index (χ0) is 18.4. The molecular formula is C18H18N4O3S. The second kappa shape index (κ2) is 8.30. The van der Waals surface area contributed by atoms with Gasteiger partial charge in [-0.05, 0) is 29.6 Å². The van der Waals surface area contributed by atoms with E-state index in [9.17, 15) is 9.59 Å². The largest absolute Gasteiger partial charge is 0.495 e. The van der Waals surface area contributed by atoms with Crippen LogP contribution in [0.3, 0.4) is 0 Å². The van der Waals surface area contributed by atoms with Crippen LogP contribution in [0.25, 0.3) is 10.6 Å². The number of benzene rings is 1. The van der Waals surface area contributed by atoms with Gasteiger partial charge < -0.3 is 15.4 Å². The summed E-state index contributed by atoms with van der Waals surface area (Å²) in [5.74, 6) is 0.573. The van der Waals surface area contributed by atoms with E-state index < -0.39 is 0 Å². The van der Waals surface area contributed by atoms with E-state index in [1.54, 1.807) is 35.6 Å². The molecule has 2 N–H and O–H groups in total. The second-order valence-corrected chi connectivity index (χ2v) is 6.29. The summed E-state index contributed by atoms with van der Waals surface area (Å²) in [6.07, 6.45) is 0. The summed E-state index contributed by atoms with van der Waals surface area (Å²) in [5.41, 5.74) is 1.10. The number of carbonyl (C=O) groups excluding carboxylic acids is 1. The van der Waals surface area contributed by atoms with Crippen LogP contribution in [0.4, 0.5) is 10.5 Å². The van der Waals surface area contributed by atoms with Gasteiger partial charge in [0.15, 0.2) is 0 Å². The molecule has 7 nitrogen and oxygen atoms in total. The molecule has 0 atom stereocenters. The maximum absolute atomic E-state index is 12.0. The molecule has 1 aromatic carbocycles. The molecule has 0 aliphatic heterocycles. The van der Waals surface area contributed by atoms with Crippen LogP contribution >= 0.6 is 11.3 Å². The lowest BCUT2D eigenvalue weighted by atomic mass is 10.3. The lowest BCUT2D eigenvalue weighted by molar-refractivity contribution is 0.251. The Morgan fingerprint density at radius 2 is 2.04 bits per heavy atom. The van der Waals surface area contributed by atoms with E-state index in [4.69, 9.17) is 4.74 Å². The normalized spacial score (nSPS) is 10.3. The summed E-state index contributed by atoms with van der Waals surface area (Å²) in [7, 11) is 1.54. The van der Waals surface area contributed by atoms with Crippen molar-refractivity contribution >= 4 is 23.1 Å². The van der Waals surface area contributed by atoms with Gasteiger partial charge in [-0.1, -0.05) is 18.2 Å². The lowest BCUT2D eigenvalue weighted by Gasteiger charge is -2.11. The summed E-state index contributed by atoms with van der Waals surface area (Å²) < 4.78 is 6.53. The number of amides is 2. The molecule has 0 aliphatic rings. The minimum absolute atomic E-state index is 0.211. The van der Waals surface area contributed by atoms with Gasteiger partial charge in [0, 0.05) is 12.6 Å². The Labute approximate surface area is 154 Å². The van der Waals surface area contributed by atoms with Gasteiger partial charge in [0.1, 0.15) is 11.4 Å². The summed E-state index contributed by atoms with van der Waals surface area (Å²) >= 11 is 1.55. The molecule has 0 radical (unpaired) electrons. The first-order chi connectivity index (χ1) is 12.7. The Morgan fingerprint density at radius 1 is 1.19 bits per heavy atom. The number of urea groups is 1. The highest BCUT2D eigenvalue weighted by molar-refractivity contribution is 7.13. The molecule has 0 aliphatic carbocycles. The van der Waals surface area contributed by atoms with Crippen LogP contribution in [0.5, 0.6) is 5.75 Å². The van der Waals surface area contributed by atoms with Crippen molar-refractivity contribution in [2.24, 2.45) is 0 Å². The Balaban J connectivity index is 1.58. The van der Waals surface area contributed by atoms with Crippen LogP contribution < -0.4 is 20.9 Å². The number of carbonyl (C=O) groups is 1. The van der Waals surface area contributed by atoms with Crippen molar-refractivity contribution in [1.82, 2.24) is 15.1 Å². The van der Waals surface area contributed by atoms with Crippen molar-refractivity contribution in [1.29, 1.82) is 0 Å². The van der Waals surface area contributed by atoms with Gasteiger partial charge in [-0.2, -0.15) is 5.10 Å². The molecule has 3 aromatic rings. The van der Waals surface area contributed by atoms with Gasteiger partial charge in [-0.25, -0.2) is 9.48 Å². The van der Waals surface area contributed by atoms with E-state index in [1.165, 1.54) is 17.9 Å². The van der Waals surface area contributed by atoms with E-state index >= 15 is 0 Å². The highest BCUT2D eigenvalue weighted by Gasteiger charge is 2.07. The predicted octanol–water partition coefficient (Wildman–Crippen LogP) is 2.80. The Hall–Kier alpha value is -3.13. The molecule has 2 aromatic heterocycles. The minimum atomic E-state index is -0.378. The van der Waals surface area contributed by atoms with Crippen molar-refractivity contribution < 1.29 is 9.53 Å². The molecule has 0 saturated carbocycles. The number of ether oxygens (including phenoxy) is 1. The number of thiophene rings is 1. The topological polar surface area (TPSA) is 85.2 Å². The molecule has 0 spiro atoms. The summed E-state index contributed by atoms with van der Waals surface area (Å²) in [5, 5.41) is 11.7. The SMILES string of the molecule is COc1ccccc1NC(=O)NCCn1nc(-c2cccs2)ccc1=O. The number of para-hydroxylation sites is 2. The predicted molar refractivity (Wildman–Crippen MR) is 102 cm³/mol. The summed E-state index contributed by atoms with van der Waals surface area (Å²) in [6, 6.07) is 13.8. The highest BCUT2D eigenvalue weighted by Crippen LogP contribution is 2.23. The number of nitrogens with zero attached hydrogens (tertiary/aromatic N) is 2. The second-order valence-electron chi connectivity index (χ2n) is 5.34. The van der Waals surface area contributed by atoms with Crippen LogP contribution in [-0.4, -0.2) is 29.5 Å². The first kappa shape index (κ1) is 17.7. The molecule has 0 fully saturated rings. The molecule has 26 heavy (non-hydrogen) atoms. The summed E-state index contributed by atoms with van der Waals surface area (Å²) in [6.45, 7) is 0.541. The fourth-order valence-corrected chi connectivity index (χ4v) is 3.05. The minimum Gasteiger partial charge on any atom is -0.495 e. The third-order valence-electron chi connectivity index (χ3n) is 3.60. The molecular weight excluding hydrogens is 352 g/mol. The molecule has 3 rings (SSSR count). The third-order valence-corrected chi connectivity index (χ3v) is 4.50. The summed E-state index contributed by atoms with van der Waals surface area (Å²) in [4.78, 5) is 25.0. The van der Waals surface area contributed by atoms with Gasteiger partial charge >= 0.3 is 6.03 Å². The van der Waals surface area contributed by atoms with E-state index in [1.807, 2.05) is 23.6 Å². The monoisotopic (exact) mass is 370 g/mol. The molecule has 8 heteroatoms. The molecule has 2 heterocycles. The molecule has 2 amide bonds. The van der Waals surface area contributed by atoms with Crippen LogP contribution in [0.1, 0.15) is 0 Å². The fraction of sp³-hybridized carbons (Fsp3) is 0.167. The number of hydrogen-bond donors (Lipinski definition) is 2. The molecule has 0 saturated heterocycles. The number of anilines is 1. The number of aromatic nitrogens is 2. The quantitative estimate of drug-likeness (QED) is 0.699. The number of hydrogen-bond acceptors (Lipinski definition) is 5. The van der Waals surface area contributed by atoms with Crippen molar-refractivity contribution in [2.75, 3.05) is 19.0 Å². The van der Waals surface area contributed by atoms with E-state index in [2.05, 4.69) is 15.7 Å². The van der Waals surface area contributed by atoms with Crippen molar-refractivity contribution in [3.63, 3.8) is 0 Å². The lowest BCUT2D eigenvalue weighted by Crippen LogP contribution is -2.34. The molecule has 134 valence electrons. The third kappa shape index (κ3) is 4.28. The first-order valence-corrected chi connectivity index (χ1v) is 8.85. The number of nitrogens with one attached hydrogen (secondary N) is 2. The van der Waals surface area contributed by atoms with Gasteiger partial charge in [-0.15, -0.1) is 11.3 Å². The van der Waals surface area contributed by atoms with Gasteiger partial charge in [0.25, 0.3) is 5.56 Å². The smallest absolute Gasteiger partial charge is 0.319 e. The Kier molecular flexibility index (Phi) is 5.65. The van der Waals surface area contributed by atoms with Gasteiger partial charge in [-0.3, -0.25) is 4.79 Å². The molecule has 0 unspecified atom stereocenters. The van der Waals surface area contributed by atoms with E-state index in [0.29, 0.717) is 11.4 Å². The van der Waals surface area contributed by atoms with Crippen LogP contribution in [0.15, 0.2) is 58.7 Å². The van der Waals surface area contributed by atoms with Crippen molar-refractivity contribution in [2.45, 2.75) is 6.54 Å². The number of methoxy groups -OCH3 is 1. The maximum Gasteiger partial charge on any atom is 0.319 e. The van der Waals surface area contributed by atoms with Crippen molar-refractivity contribution in [3.05, 3.63) is 64.3 Å². The Bertz CT molecular complexity index is 938.